The van der Waals surface area contributed by atoms with Gasteiger partial charge in [0, 0.05) is 32.1 Å². The van der Waals surface area contributed by atoms with Crippen molar-refractivity contribution >= 4 is 11.8 Å². The molecule has 0 N–H and O–H groups in total. The summed E-state index contributed by atoms with van der Waals surface area (Å²) in [7, 11) is 0. The first kappa shape index (κ1) is 16.1. The SMILES string of the molecule is N#Cc1cccc(C2CCN(C(=O)[C@H]3CC(=O)N(C4CC4)C3)CC2)c1. The number of carbonyl (C=O) groups is 2. The Morgan fingerprint density at radius 2 is 1.92 bits per heavy atom. The van der Waals surface area contributed by atoms with E-state index < -0.39 is 0 Å². The zero-order valence-electron chi connectivity index (χ0n) is 14.4. The molecule has 130 valence electrons. The van der Waals surface area contributed by atoms with Crippen molar-refractivity contribution in [3.63, 3.8) is 0 Å². The van der Waals surface area contributed by atoms with E-state index in [2.05, 4.69) is 12.1 Å². The van der Waals surface area contributed by atoms with Gasteiger partial charge in [0.2, 0.25) is 11.8 Å². The first-order valence-electron chi connectivity index (χ1n) is 9.24. The summed E-state index contributed by atoms with van der Waals surface area (Å²) in [5, 5.41) is 9.05. The predicted octanol–water partition coefficient (Wildman–Crippen LogP) is 2.28. The van der Waals surface area contributed by atoms with Gasteiger partial charge in [0.05, 0.1) is 17.6 Å². The Labute approximate surface area is 148 Å². The van der Waals surface area contributed by atoms with E-state index in [1.807, 2.05) is 28.0 Å². The Kier molecular flexibility index (Phi) is 4.20. The van der Waals surface area contributed by atoms with Gasteiger partial charge in [0.1, 0.15) is 0 Å². The average Bonchev–Trinajstić information content (AvgIpc) is 3.43. The number of hydrogen-bond acceptors (Lipinski definition) is 3. The number of amides is 2. The zero-order valence-corrected chi connectivity index (χ0v) is 14.4. The molecule has 0 radical (unpaired) electrons. The molecular weight excluding hydrogens is 314 g/mol. The number of hydrogen-bond donors (Lipinski definition) is 0. The van der Waals surface area contributed by atoms with Crippen LogP contribution < -0.4 is 0 Å². The molecule has 5 nitrogen and oxygen atoms in total. The minimum atomic E-state index is -0.147. The Morgan fingerprint density at radius 1 is 1.16 bits per heavy atom. The lowest BCUT2D eigenvalue weighted by molar-refractivity contribution is -0.136. The molecule has 2 saturated heterocycles. The molecule has 4 rings (SSSR count). The molecule has 2 amide bonds. The first-order valence-corrected chi connectivity index (χ1v) is 9.24. The molecule has 0 unspecified atom stereocenters. The number of nitriles is 1. The third-order valence-corrected chi connectivity index (χ3v) is 5.79. The molecular formula is C20H23N3O2. The minimum Gasteiger partial charge on any atom is -0.342 e. The van der Waals surface area contributed by atoms with Gasteiger partial charge in [-0.15, -0.1) is 0 Å². The van der Waals surface area contributed by atoms with Crippen LogP contribution in [-0.4, -0.2) is 47.3 Å². The highest BCUT2D eigenvalue weighted by molar-refractivity contribution is 5.89. The van der Waals surface area contributed by atoms with Crippen molar-refractivity contribution in [3.8, 4) is 6.07 Å². The van der Waals surface area contributed by atoms with Crippen molar-refractivity contribution < 1.29 is 9.59 Å². The number of carbonyl (C=O) groups excluding carboxylic acids is 2. The van der Waals surface area contributed by atoms with Crippen molar-refractivity contribution in [2.45, 2.75) is 44.1 Å². The maximum atomic E-state index is 12.8. The van der Waals surface area contributed by atoms with E-state index in [-0.39, 0.29) is 17.7 Å². The number of piperidine rings is 1. The summed E-state index contributed by atoms with van der Waals surface area (Å²) in [5.41, 5.74) is 1.89. The lowest BCUT2D eigenvalue weighted by atomic mass is 9.88. The number of rotatable bonds is 3. The molecule has 1 atom stereocenters. The van der Waals surface area contributed by atoms with Crippen LogP contribution in [0.25, 0.3) is 0 Å². The fourth-order valence-electron chi connectivity index (χ4n) is 4.19. The Morgan fingerprint density at radius 3 is 2.60 bits per heavy atom. The monoisotopic (exact) mass is 337 g/mol. The first-order chi connectivity index (χ1) is 12.2. The third-order valence-electron chi connectivity index (χ3n) is 5.79. The van der Waals surface area contributed by atoms with Crippen LogP contribution in [0, 0.1) is 17.2 Å². The van der Waals surface area contributed by atoms with Crippen molar-refractivity contribution in [1.82, 2.24) is 9.80 Å². The molecule has 0 bridgehead atoms. The van der Waals surface area contributed by atoms with Crippen LogP contribution in [0.15, 0.2) is 24.3 Å². The quantitative estimate of drug-likeness (QED) is 0.850. The number of likely N-dealkylation sites (tertiary alicyclic amines) is 2. The second-order valence-electron chi connectivity index (χ2n) is 7.52. The summed E-state index contributed by atoms with van der Waals surface area (Å²) < 4.78 is 0. The lowest BCUT2D eigenvalue weighted by Crippen LogP contribution is -2.42. The van der Waals surface area contributed by atoms with Gasteiger partial charge in [-0.2, -0.15) is 5.26 Å². The Hall–Kier alpha value is -2.35. The summed E-state index contributed by atoms with van der Waals surface area (Å²) >= 11 is 0. The van der Waals surface area contributed by atoms with Crippen LogP contribution in [0.4, 0.5) is 0 Å². The van der Waals surface area contributed by atoms with Crippen molar-refractivity contribution in [1.29, 1.82) is 5.26 Å². The van der Waals surface area contributed by atoms with Gasteiger partial charge in [0.25, 0.3) is 0 Å². The number of nitrogens with zero attached hydrogens (tertiary/aromatic N) is 3. The van der Waals surface area contributed by atoms with Crippen LogP contribution in [0.2, 0.25) is 0 Å². The van der Waals surface area contributed by atoms with Gasteiger partial charge in [-0.3, -0.25) is 9.59 Å². The van der Waals surface area contributed by atoms with Gasteiger partial charge in [-0.1, -0.05) is 12.1 Å². The maximum Gasteiger partial charge on any atom is 0.227 e. The fourth-order valence-corrected chi connectivity index (χ4v) is 4.19. The number of benzene rings is 1. The van der Waals surface area contributed by atoms with Crippen molar-refractivity contribution in [2.75, 3.05) is 19.6 Å². The van der Waals surface area contributed by atoms with E-state index in [1.54, 1.807) is 0 Å². The zero-order chi connectivity index (χ0) is 17.4. The van der Waals surface area contributed by atoms with Gasteiger partial charge in [0.15, 0.2) is 0 Å². The molecule has 3 fully saturated rings. The predicted molar refractivity (Wildman–Crippen MR) is 92.6 cm³/mol. The molecule has 2 aliphatic heterocycles. The molecule has 3 aliphatic rings. The van der Waals surface area contributed by atoms with Gasteiger partial charge in [-0.25, -0.2) is 0 Å². The molecule has 0 aromatic heterocycles. The second-order valence-corrected chi connectivity index (χ2v) is 7.52. The van der Waals surface area contributed by atoms with Crippen LogP contribution in [0.5, 0.6) is 0 Å². The summed E-state index contributed by atoms with van der Waals surface area (Å²) in [6.45, 7) is 2.11. The smallest absolute Gasteiger partial charge is 0.227 e. The van der Waals surface area contributed by atoms with Crippen LogP contribution >= 0.6 is 0 Å². The summed E-state index contributed by atoms with van der Waals surface area (Å²) in [5.74, 6) is 0.571. The highest BCUT2D eigenvalue weighted by atomic mass is 16.2. The minimum absolute atomic E-state index is 0.147. The Bertz CT molecular complexity index is 727. The van der Waals surface area contributed by atoms with Crippen molar-refractivity contribution in [3.05, 3.63) is 35.4 Å². The summed E-state index contributed by atoms with van der Waals surface area (Å²) in [4.78, 5) is 28.7. The summed E-state index contributed by atoms with van der Waals surface area (Å²) in [6, 6.07) is 10.4. The largest absolute Gasteiger partial charge is 0.342 e. The van der Waals surface area contributed by atoms with E-state index >= 15 is 0 Å². The van der Waals surface area contributed by atoms with Gasteiger partial charge >= 0.3 is 0 Å². The molecule has 1 aliphatic carbocycles. The molecule has 0 spiro atoms. The van der Waals surface area contributed by atoms with Crippen LogP contribution in [0.1, 0.15) is 49.1 Å². The molecule has 1 saturated carbocycles. The summed E-state index contributed by atoms with van der Waals surface area (Å²) in [6.07, 6.45) is 4.43. The second kappa shape index (κ2) is 6.51. The van der Waals surface area contributed by atoms with Gasteiger partial charge < -0.3 is 9.80 Å². The standard InChI is InChI=1S/C20H23N3O2/c21-12-14-2-1-3-16(10-14)15-6-8-22(9-7-15)20(25)17-11-19(24)23(13-17)18-4-5-18/h1-3,10,15,17-18H,4-9,11,13H2/t17-/m0/s1. The van der Waals surface area contributed by atoms with Gasteiger partial charge in [-0.05, 0) is 49.3 Å². The highest BCUT2D eigenvalue weighted by Crippen LogP contribution is 2.34. The van der Waals surface area contributed by atoms with Crippen molar-refractivity contribution in [2.24, 2.45) is 5.92 Å². The fraction of sp³-hybridized carbons (Fsp3) is 0.550. The normalized spacial score (nSPS) is 24.4. The molecule has 1 aromatic rings. The maximum absolute atomic E-state index is 12.8. The van der Waals surface area contributed by atoms with E-state index in [0.29, 0.717) is 30.5 Å². The Balaban J connectivity index is 1.34. The molecule has 5 heteroatoms. The molecule has 2 heterocycles. The molecule has 25 heavy (non-hydrogen) atoms. The third kappa shape index (κ3) is 3.26. The van der Waals surface area contributed by atoms with E-state index in [0.717, 1.165) is 38.8 Å². The van der Waals surface area contributed by atoms with Crippen LogP contribution in [-0.2, 0) is 9.59 Å². The highest BCUT2D eigenvalue weighted by Gasteiger charge is 2.43. The average molecular weight is 337 g/mol. The van der Waals surface area contributed by atoms with E-state index in [4.69, 9.17) is 5.26 Å². The topological polar surface area (TPSA) is 64.4 Å². The van der Waals surface area contributed by atoms with Crippen LogP contribution in [0.3, 0.4) is 0 Å². The molecule has 1 aromatic carbocycles. The van der Waals surface area contributed by atoms with E-state index in [9.17, 15) is 9.59 Å². The lowest BCUT2D eigenvalue weighted by Gasteiger charge is -2.33. The van der Waals surface area contributed by atoms with E-state index in [1.165, 1.54) is 5.56 Å².